The lowest BCUT2D eigenvalue weighted by Crippen LogP contribution is -2.42. The molecule has 3 nitrogen and oxygen atoms in total. The zero-order valence-corrected chi connectivity index (χ0v) is 12.6. The van der Waals surface area contributed by atoms with Crippen molar-refractivity contribution >= 4 is 0 Å². The fourth-order valence-corrected chi connectivity index (χ4v) is 2.35. The summed E-state index contributed by atoms with van der Waals surface area (Å²) in [5, 5.41) is 3.47. The topological polar surface area (TPSA) is 24.5 Å². The van der Waals surface area contributed by atoms with Gasteiger partial charge in [-0.15, -0.1) is 0 Å². The largest absolute Gasteiger partial charge is 0.383 e. The Morgan fingerprint density at radius 1 is 1.12 bits per heavy atom. The van der Waals surface area contributed by atoms with Crippen molar-refractivity contribution in [1.82, 2.24) is 10.2 Å². The van der Waals surface area contributed by atoms with Crippen molar-refractivity contribution in [2.75, 3.05) is 26.8 Å². The Balaban J connectivity index is 3.87. The van der Waals surface area contributed by atoms with E-state index in [4.69, 9.17) is 4.74 Å². The van der Waals surface area contributed by atoms with Crippen LogP contribution in [0.1, 0.15) is 47.5 Å². The van der Waals surface area contributed by atoms with Gasteiger partial charge in [-0.3, -0.25) is 4.90 Å². The summed E-state index contributed by atoms with van der Waals surface area (Å²) in [4.78, 5) is 2.53. The van der Waals surface area contributed by atoms with Crippen molar-refractivity contribution in [2.24, 2.45) is 0 Å². The van der Waals surface area contributed by atoms with Gasteiger partial charge in [0.15, 0.2) is 0 Å². The molecular weight excluding hydrogens is 212 g/mol. The van der Waals surface area contributed by atoms with Gasteiger partial charge in [-0.25, -0.2) is 0 Å². The van der Waals surface area contributed by atoms with Crippen LogP contribution in [0.2, 0.25) is 0 Å². The van der Waals surface area contributed by atoms with Crippen molar-refractivity contribution in [3.63, 3.8) is 0 Å². The molecule has 0 aromatic heterocycles. The third-order valence-electron chi connectivity index (χ3n) is 3.26. The maximum absolute atomic E-state index is 5.24. The average Bonchev–Trinajstić information content (AvgIpc) is 2.25. The van der Waals surface area contributed by atoms with Crippen molar-refractivity contribution in [3.05, 3.63) is 0 Å². The molecule has 0 heterocycles. The minimum atomic E-state index is 0.512. The third kappa shape index (κ3) is 7.74. The summed E-state index contributed by atoms with van der Waals surface area (Å²) in [5.74, 6) is 0. The maximum atomic E-state index is 5.24. The molecule has 0 saturated carbocycles. The van der Waals surface area contributed by atoms with Gasteiger partial charge in [0.1, 0.15) is 0 Å². The molecule has 0 rings (SSSR count). The highest BCUT2D eigenvalue weighted by atomic mass is 16.5. The minimum Gasteiger partial charge on any atom is -0.383 e. The summed E-state index contributed by atoms with van der Waals surface area (Å²) in [6.07, 6.45) is 2.50. The van der Waals surface area contributed by atoms with Crippen LogP contribution in [0.15, 0.2) is 0 Å². The summed E-state index contributed by atoms with van der Waals surface area (Å²) < 4.78 is 5.24. The van der Waals surface area contributed by atoms with E-state index in [1.807, 2.05) is 0 Å². The van der Waals surface area contributed by atoms with Crippen LogP contribution in [0, 0.1) is 0 Å². The van der Waals surface area contributed by atoms with E-state index in [-0.39, 0.29) is 0 Å². The standard InChI is InChI=1S/C14H32N2O/c1-7-16(14(5)11-17-6)13(4)9-8-10-15-12(2)3/h12-15H,7-11H2,1-6H3. The van der Waals surface area contributed by atoms with E-state index in [1.54, 1.807) is 7.11 Å². The van der Waals surface area contributed by atoms with Crippen LogP contribution in [0.3, 0.4) is 0 Å². The lowest BCUT2D eigenvalue weighted by atomic mass is 10.1. The summed E-state index contributed by atoms with van der Waals surface area (Å²) in [6, 6.07) is 1.75. The molecule has 2 unspecified atom stereocenters. The Morgan fingerprint density at radius 3 is 2.24 bits per heavy atom. The molecule has 104 valence electrons. The number of nitrogens with one attached hydrogen (secondary N) is 1. The van der Waals surface area contributed by atoms with Crippen LogP contribution in [-0.4, -0.2) is 49.8 Å². The van der Waals surface area contributed by atoms with Gasteiger partial charge in [0, 0.05) is 25.2 Å². The quantitative estimate of drug-likeness (QED) is 0.598. The van der Waals surface area contributed by atoms with E-state index in [2.05, 4.69) is 44.8 Å². The van der Waals surface area contributed by atoms with Gasteiger partial charge in [0.05, 0.1) is 6.61 Å². The number of likely N-dealkylation sites (N-methyl/N-ethyl adjacent to an activating group) is 1. The predicted molar refractivity (Wildman–Crippen MR) is 75.6 cm³/mol. The summed E-state index contributed by atoms with van der Waals surface area (Å²) in [7, 11) is 1.78. The Bertz CT molecular complexity index is 174. The van der Waals surface area contributed by atoms with E-state index in [0.717, 1.165) is 19.7 Å². The smallest absolute Gasteiger partial charge is 0.0615 e. The molecule has 0 fully saturated rings. The highest BCUT2D eigenvalue weighted by Crippen LogP contribution is 2.10. The first kappa shape index (κ1) is 16.9. The Hall–Kier alpha value is -0.120. The highest BCUT2D eigenvalue weighted by Gasteiger charge is 2.17. The molecule has 2 atom stereocenters. The molecule has 1 N–H and O–H groups in total. The third-order valence-corrected chi connectivity index (χ3v) is 3.26. The van der Waals surface area contributed by atoms with Gasteiger partial charge in [0.25, 0.3) is 0 Å². The number of nitrogens with zero attached hydrogens (tertiary/aromatic N) is 1. The van der Waals surface area contributed by atoms with E-state index < -0.39 is 0 Å². The Morgan fingerprint density at radius 2 is 1.76 bits per heavy atom. The molecule has 0 radical (unpaired) electrons. The highest BCUT2D eigenvalue weighted by molar-refractivity contribution is 4.73. The molecule has 17 heavy (non-hydrogen) atoms. The monoisotopic (exact) mass is 244 g/mol. The minimum absolute atomic E-state index is 0.512. The molecule has 0 aliphatic heterocycles. The molecule has 0 saturated heterocycles. The van der Waals surface area contributed by atoms with Crippen molar-refractivity contribution < 1.29 is 4.74 Å². The lowest BCUT2D eigenvalue weighted by Gasteiger charge is -2.33. The van der Waals surface area contributed by atoms with Gasteiger partial charge >= 0.3 is 0 Å². The van der Waals surface area contributed by atoms with Gasteiger partial charge in [-0.05, 0) is 39.8 Å². The molecular formula is C14H32N2O. The number of hydrogen-bond donors (Lipinski definition) is 1. The van der Waals surface area contributed by atoms with E-state index in [0.29, 0.717) is 18.1 Å². The Kier molecular flexibility index (Phi) is 9.79. The second-order valence-electron chi connectivity index (χ2n) is 5.23. The number of ether oxygens (including phenoxy) is 1. The van der Waals surface area contributed by atoms with Crippen LogP contribution < -0.4 is 5.32 Å². The fraction of sp³-hybridized carbons (Fsp3) is 1.00. The summed E-state index contributed by atoms with van der Waals surface area (Å²) in [5.41, 5.74) is 0. The van der Waals surface area contributed by atoms with Crippen molar-refractivity contribution in [2.45, 2.75) is 65.6 Å². The van der Waals surface area contributed by atoms with E-state index in [1.165, 1.54) is 12.8 Å². The second kappa shape index (κ2) is 9.86. The second-order valence-corrected chi connectivity index (χ2v) is 5.23. The number of methoxy groups -OCH3 is 1. The van der Waals surface area contributed by atoms with Crippen LogP contribution >= 0.6 is 0 Å². The van der Waals surface area contributed by atoms with Gasteiger partial charge in [-0.2, -0.15) is 0 Å². The molecule has 0 spiro atoms. The first-order chi connectivity index (χ1) is 8.02. The van der Waals surface area contributed by atoms with Crippen LogP contribution in [0.5, 0.6) is 0 Å². The molecule has 0 aromatic rings. The van der Waals surface area contributed by atoms with E-state index in [9.17, 15) is 0 Å². The molecule has 0 aliphatic carbocycles. The first-order valence-corrected chi connectivity index (χ1v) is 7.00. The number of rotatable bonds is 10. The van der Waals surface area contributed by atoms with Gasteiger partial charge in [0.2, 0.25) is 0 Å². The predicted octanol–water partition coefficient (Wildman–Crippen LogP) is 2.51. The maximum Gasteiger partial charge on any atom is 0.0615 e. The van der Waals surface area contributed by atoms with Crippen LogP contribution in [0.4, 0.5) is 0 Å². The molecule has 0 aliphatic rings. The lowest BCUT2D eigenvalue weighted by molar-refractivity contribution is 0.0750. The molecule has 0 aromatic carbocycles. The fourth-order valence-electron chi connectivity index (χ4n) is 2.35. The SMILES string of the molecule is CCN(C(C)CCCNC(C)C)C(C)COC. The Labute approximate surface area is 108 Å². The van der Waals surface area contributed by atoms with E-state index >= 15 is 0 Å². The van der Waals surface area contributed by atoms with Gasteiger partial charge in [-0.1, -0.05) is 20.8 Å². The van der Waals surface area contributed by atoms with Crippen LogP contribution in [0.25, 0.3) is 0 Å². The van der Waals surface area contributed by atoms with Crippen molar-refractivity contribution in [1.29, 1.82) is 0 Å². The number of hydrogen-bond acceptors (Lipinski definition) is 3. The normalized spacial score (nSPS) is 15.5. The van der Waals surface area contributed by atoms with Crippen LogP contribution in [-0.2, 0) is 4.74 Å². The zero-order chi connectivity index (χ0) is 13.3. The summed E-state index contributed by atoms with van der Waals surface area (Å²) >= 11 is 0. The molecule has 0 bridgehead atoms. The first-order valence-electron chi connectivity index (χ1n) is 7.00. The molecule has 0 amide bonds. The van der Waals surface area contributed by atoms with Crippen molar-refractivity contribution in [3.8, 4) is 0 Å². The average molecular weight is 244 g/mol. The molecule has 3 heteroatoms. The van der Waals surface area contributed by atoms with Gasteiger partial charge < -0.3 is 10.1 Å². The zero-order valence-electron chi connectivity index (χ0n) is 12.6. The summed E-state index contributed by atoms with van der Waals surface area (Å²) in [6.45, 7) is 14.2.